The number of hydrogen-bond acceptors (Lipinski definition) is 4. The van der Waals surface area contributed by atoms with E-state index in [4.69, 9.17) is 4.74 Å². The van der Waals surface area contributed by atoms with Gasteiger partial charge in [-0.1, -0.05) is 26.0 Å². The third kappa shape index (κ3) is 4.32. The maximum absolute atomic E-state index is 13.1. The Labute approximate surface area is 167 Å². The number of nitrogens with zero attached hydrogens (tertiary/aromatic N) is 1. The van der Waals surface area contributed by atoms with Crippen molar-refractivity contribution < 1.29 is 14.3 Å². The average molecular weight is 386 g/mol. The molecule has 2 amide bonds. The number of amides is 2. The first-order chi connectivity index (χ1) is 13.3. The summed E-state index contributed by atoms with van der Waals surface area (Å²) in [6, 6.07) is 7.01. The normalized spacial score (nSPS) is 27.7. The fraction of sp³-hybridized carbons (Fsp3) is 0.545. The molecule has 0 aromatic heterocycles. The molecule has 1 saturated carbocycles. The van der Waals surface area contributed by atoms with Crippen LogP contribution in [0.1, 0.15) is 51.6 Å². The maximum atomic E-state index is 13.1. The molecular weight excluding hydrogens is 354 g/mol. The van der Waals surface area contributed by atoms with Gasteiger partial charge in [0.25, 0.3) is 0 Å². The summed E-state index contributed by atoms with van der Waals surface area (Å²) < 4.78 is 5.87. The van der Waals surface area contributed by atoms with Crippen LogP contribution in [0.25, 0.3) is 0 Å². The van der Waals surface area contributed by atoms with Gasteiger partial charge in [0.2, 0.25) is 0 Å². The Bertz CT molecular complexity index is 770. The number of carbonyl (C=O) groups is 2. The molecule has 0 saturated heterocycles. The Morgan fingerprint density at radius 3 is 2.39 bits per heavy atom. The van der Waals surface area contributed by atoms with Gasteiger partial charge in [0.05, 0.1) is 11.6 Å². The average Bonchev–Trinajstić information content (AvgIpc) is 2.64. The van der Waals surface area contributed by atoms with E-state index in [1.807, 2.05) is 43.3 Å². The van der Waals surface area contributed by atoms with Gasteiger partial charge in [-0.15, -0.1) is 0 Å². The second-order valence-corrected chi connectivity index (χ2v) is 8.35. The van der Waals surface area contributed by atoms with E-state index in [-0.39, 0.29) is 18.1 Å². The lowest BCUT2D eigenvalue weighted by Crippen LogP contribution is -2.45. The van der Waals surface area contributed by atoms with E-state index in [0.717, 1.165) is 30.5 Å². The molecule has 0 unspecified atom stereocenters. The topological polar surface area (TPSA) is 70.7 Å². The van der Waals surface area contributed by atoms with Gasteiger partial charge in [-0.05, 0) is 55.7 Å². The minimum atomic E-state index is -0.516. The zero-order chi connectivity index (χ0) is 20.4. The fourth-order valence-corrected chi connectivity index (χ4v) is 4.00. The van der Waals surface area contributed by atoms with E-state index in [1.165, 1.54) is 0 Å². The summed E-state index contributed by atoms with van der Waals surface area (Å²) in [5.74, 6) is 0.855. The number of ether oxygens (including phenoxy) is 1. The summed E-state index contributed by atoms with van der Waals surface area (Å²) in [4.78, 5) is 27.1. The predicted molar refractivity (Wildman–Crippen MR) is 110 cm³/mol. The second-order valence-electron chi connectivity index (χ2n) is 8.35. The zero-order valence-electron chi connectivity index (χ0n) is 17.4. The molecule has 2 aliphatic rings. The number of anilines is 1. The highest BCUT2D eigenvalue weighted by atomic mass is 16.5. The molecule has 4 atom stereocenters. The van der Waals surface area contributed by atoms with Crippen LogP contribution in [-0.2, 0) is 9.53 Å². The zero-order valence-corrected chi connectivity index (χ0v) is 17.4. The highest BCUT2D eigenvalue weighted by Gasteiger charge is 2.34. The smallest absolute Gasteiger partial charge is 0.338 e. The first-order valence-corrected chi connectivity index (χ1v) is 10.0. The largest absolute Gasteiger partial charge is 0.459 e. The number of benzene rings is 1. The molecule has 1 fully saturated rings. The Balaban J connectivity index is 1.82. The summed E-state index contributed by atoms with van der Waals surface area (Å²) in [5, 5.41) is 5.59. The summed E-state index contributed by atoms with van der Waals surface area (Å²) in [7, 11) is 3.94. The third-order valence-corrected chi connectivity index (χ3v) is 6.06. The minimum Gasteiger partial charge on any atom is -0.459 e. The first kappa shape index (κ1) is 20.2. The van der Waals surface area contributed by atoms with Gasteiger partial charge in [-0.25, -0.2) is 9.59 Å². The van der Waals surface area contributed by atoms with Gasteiger partial charge >= 0.3 is 12.0 Å². The molecular formula is C22H31N3O3. The highest BCUT2D eigenvalue weighted by Crippen LogP contribution is 2.33. The number of allylic oxidation sites excluding steroid dienone is 1. The van der Waals surface area contributed by atoms with Crippen molar-refractivity contribution in [2.24, 2.45) is 11.8 Å². The SMILES string of the molecule is CC1=C(C(=O)O[C@@H]2CC[C@H](C)[C@@H](C)C2)[C@@H](c2ccc(N(C)C)cc2)NC(=O)N1. The molecule has 1 aliphatic heterocycles. The maximum Gasteiger partial charge on any atom is 0.338 e. The van der Waals surface area contributed by atoms with Crippen molar-refractivity contribution in [2.75, 3.05) is 19.0 Å². The Morgan fingerprint density at radius 1 is 1.11 bits per heavy atom. The summed E-state index contributed by atoms with van der Waals surface area (Å²) >= 11 is 0. The molecule has 3 rings (SSSR count). The van der Waals surface area contributed by atoms with E-state index in [1.54, 1.807) is 6.92 Å². The first-order valence-electron chi connectivity index (χ1n) is 10.0. The molecule has 28 heavy (non-hydrogen) atoms. The molecule has 1 aliphatic carbocycles. The lowest BCUT2D eigenvalue weighted by Gasteiger charge is -2.33. The summed E-state index contributed by atoms with van der Waals surface area (Å²) in [6.07, 6.45) is 2.79. The molecule has 1 aromatic rings. The van der Waals surface area contributed by atoms with Crippen LogP contribution in [0.2, 0.25) is 0 Å². The molecule has 0 bridgehead atoms. The molecule has 6 heteroatoms. The van der Waals surface area contributed by atoms with Gasteiger partial charge in [-0.3, -0.25) is 0 Å². The van der Waals surface area contributed by atoms with E-state index in [0.29, 0.717) is 23.1 Å². The van der Waals surface area contributed by atoms with Crippen molar-refractivity contribution in [1.29, 1.82) is 0 Å². The summed E-state index contributed by atoms with van der Waals surface area (Å²) in [6.45, 7) is 6.22. The van der Waals surface area contributed by atoms with E-state index < -0.39 is 6.04 Å². The lowest BCUT2D eigenvalue weighted by molar-refractivity contribution is -0.147. The molecule has 152 valence electrons. The van der Waals surface area contributed by atoms with Crippen molar-refractivity contribution in [3.05, 3.63) is 41.1 Å². The van der Waals surface area contributed by atoms with E-state index in [2.05, 4.69) is 24.5 Å². The van der Waals surface area contributed by atoms with Crippen LogP contribution in [0.15, 0.2) is 35.5 Å². The van der Waals surface area contributed by atoms with Crippen molar-refractivity contribution in [3.8, 4) is 0 Å². The Morgan fingerprint density at radius 2 is 1.79 bits per heavy atom. The van der Waals surface area contributed by atoms with Crippen LogP contribution in [0, 0.1) is 11.8 Å². The number of esters is 1. The van der Waals surface area contributed by atoms with Crippen LogP contribution >= 0.6 is 0 Å². The molecule has 1 aromatic carbocycles. The van der Waals surface area contributed by atoms with Crippen LogP contribution in [0.5, 0.6) is 0 Å². The number of hydrogen-bond donors (Lipinski definition) is 2. The Hall–Kier alpha value is -2.50. The summed E-state index contributed by atoms with van der Waals surface area (Å²) in [5.41, 5.74) is 2.94. The van der Waals surface area contributed by atoms with Crippen LogP contribution in [0.4, 0.5) is 10.5 Å². The lowest BCUT2D eigenvalue weighted by atomic mass is 9.80. The number of nitrogens with one attached hydrogen (secondary N) is 2. The van der Waals surface area contributed by atoms with Crippen molar-refractivity contribution >= 4 is 17.7 Å². The van der Waals surface area contributed by atoms with E-state index in [9.17, 15) is 9.59 Å². The van der Waals surface area contributed by atoms with Gasteiger partial charge < -0.3 is 20.3 Å². The highest BCUT2D eigenvalue weighted by molar-refractivity contribution is 5.95. The number of urea groups is 1. The third-order valence-electron chi connectivity index (χ3n) is 6.06. The van der Waals surface area contributed by atoms with Gasteiger partial charge in [-0.2, -0.15) is 0 Å². The second kappa shape index (κ2) is 8.25. The van der Waals surface area contributed by atoms with Crippen molar-refractivity contribution in [1.82, 2.24) is 10.6 Å². The fourth-order valence-electron chi connectivity index (χ4n) is 4.00. The molecule has 0 spiro atoms. The van der Waals surface area contributed by atoms with Gasteiger partial charge in [0.15, 0.2) is 0 Å². The minimum absolute atomic E-state index is 0.0617. The molecule has 2 N–H and O–H groups in total. The molecule has 1 heterocycles. The van der Waals surface area contributed by atoms with Crippen LogP contribution in [-0.4, -0.2) is 32.2 Å². The van der Waals surface area contributed by atoms with Gasteiger partial charge in [0, 0.05) is 25.5 Å². The molecule has 0 radical (unpaired) electrons. The van der Waals surface area contributed by atoms with Crippen LogP contribution < -0.4 is 15.5 Å². The van der Waals surface area contributed by atoms with Crippen LogP contribution in [0.3, 0.4) is 0 Å². The van der Waals surface area contributed by atoms with Gasteiger partial charge in [0.1, 0.15) is 6.10 Å². The number of carbonyl (C=O) groups excluding carboxylic acids is 2. The van der Waals surface area contributed by atoms with E-state index >= 15 is 0 Å². The quantitative estimate of drug-likeness (QED) is 0.775. The monoisotopic (exact) mass is 385 g/mol. The molecule has 6 nitrogen and oxygen atoms in total. The predicted octanol–water partition coefficient (Wildman–Crippen LogP) is 3.75. The Kier molecular flexibility index (Phi) is 5.96. The van der Waals surface area contributed by atoms with Crippen molar-refractivity contribution in [2.45, 2.75) is 52.2 Å². The number of rotatable bonds is 4. The standard InChI is InChI=1S/C22H31N3O3/c1-13-6-11-18(12-14(13)2)28-21(26)19-15(3)23-22(27)24-20(19)16-7-9-17(10-8-16)25(4)5/h7-10,13-14,18,20H,6,11-12H2,1-5H3,(H2,23,24,27)/t13-,14-,18+,20+/m0/s1. The van der Waals surface area contributed by atoms with Crippen molar-refractivity contribution in [3.63, 3.8) is 0 Å².